The standard InChI is InChI=1S/C25H31N3O2/c1-3-18(2)28-24(30)21-12-6-5-11-20(21)22(25(28)13-7-4-8-14-25)23(29)27-17-19-10-9-15-26-16-19/h5-6,9-12,15-16,18,22H,3-4,7-8,13-14,17H2,1-2H3,(H,27,29). The molecule has 2 amide bonds. The van der Waals surface area contributed by atoms with Gasteiger partial charge in [-0.15, -0.1) is 0 Å². The third kappa shape index (κ3) is 3.51. The highest BCUT2D eigenvalue weighted by atomic mass is 16.2. The SMILES string of the molecule is CCC(C)N1C(=O)c2ccccc2C(C(=O)NCc2cccnc2)C12CCCCC2. The van der Waals surface area contributed by atoms with Crippen molar-refractivity contribution in [2.45, 2.75) is 76.4 Å². The smallest absolute Gasteiger partial charge is 0.254 e. The van der Waals surface area contributed by atoms with Crippen molar-refractivity contribution in [3.8, 4) is 0 Å². The second kappa shape index (κ2) is 8.58. The molecule has 2 aromatic rings. The lowest BCUT2D eigenvalue weighted by Gasteiger charge is -2.55. The van der Waals surface area contributed by atoms with Gasteiger partial charge in [0.2, 0.25) is 5.91 Å². The fourth-order valence-corrected chi connectivity index (χ4v) is 5.40. The van der Waals surface area contributed by atoms with Gasteiger partial charge < -0.3 is 10.2 Å². The number of pyridine rings is 1. The minimum Gasteiger partial charge on any atom is -0.351 e. The largest absolute Gasteiger partial charge is 0.351 e. The topological polar surface area (TPSA) is 62.3 Å². The molecule has 1 N–H and O–H groups in total. The fourth-order valence-electron chi connectivity index (χ4n) is 5.40. The van der Waals surface area contributed by atoms with Crippen LogP contribution in [0.25, 0.3) is 0 Å². The Morgan fingerprint density at radius 2 is 1.97 bits per heavy atom. The molecule has 1 spiro atoms. The molecule has 0 radical (unpaired) electrons. The molecular formula is C25H31N3O2. The number of nitrogens with one attached hydrogen (secondary N) is 1. The Hall–Kier alpha value is -2.69. The van der Waals surface area contributed by atoms with E-state index in [2.05, 4.69) is 29.0 Å². The fraction of sp³-hybridized carbons (Fsp3) is 0.480. The van der Waals surface area contributed by atoms with Gasteiger partial charge in [-0.3, -0.25) is 14.6 Å². The molecule has 1 fully saturated rings. The van der Waals surface area contributed by atoms with Crippen molar-refractivity contribution in [3.63, 3.8) is 0 Å². The molecule has 158 valence electrons. The van der Waals surface area contributed by atoms with Crippen LogP contribution in [0.2, 0.25) is 0 Å². The molecule has 2 heterocycles. The van der Waals surface area contributed by atoms with Gasteiger partial charge in [0.15, 0.2) is 0 Å². The average Bonchev–Trinajstić information content (AvgIpc) is 2.79. The number of benzene rings is 1. The summed E-state index contributed by atoms with van der Waals surface area (Å²) < 4.78 is 0. The van der Waals surface area contributed by atoms with E-state index in [1.54, 1.807) is 12.4 Å². The van der Waals surface area contributed by atoms with E-state index in [1.165, 1.54) is 0 Å². The van der Waals surface area contributed by atoms with E-state index < -0.39 is 5.54 Å². The van der Waals surface area contributed by atoms with Crippen molar-refractivity contribution in [1.82, 2.24) is 15.2 Å². The maximum atomic E-state index is 13.7. The molecule has 1 aliphatic heterocycles. The van der Waals surface area contributed by atoms with Gasteiger partial charge in [-0.25, -0.2) is 0 Å². The number of aromatic nitrogens is 1. The highest BCUT2D eigenvalue weighted by Gasteiger charge is 2.55. The van der Waals surface area contributed by atoms with Crippen LogP contribution in [0.15, 0.2) is 48.8 Å². The number of fused-ring (bicyclic) bond motifs is 1. The van der Waals surface area contributed by atoms with Crippen LogP contribution < -0.4 is 5.32 Å². The van der Waals surface area contributed by atoms with E-state index in [0.717, 1.165) is 49.7 Å². The van der Waals surface area contributed by atoms with E-state index in [-0.39, 0.29) is 23.8 Å². The van der Waals surface area contributed by atoms with Gasteiger partial charge in [-0.1, -0.05) is 50.5 Å². The Morgan fingerprint density at radius 3 is 2.67 bits per heavy atom. The van der Waals surface area contributed by atoms with Crippen molar-refractivity contribution in [2.75, 3.05) is 0 Å². The van der Waals surface area contributed by atoms with E-state index in [1.807, 2.05) is 36.4 Å². The van der Waals surface area contributed by atoms with Gasteiger partial charge in [0.25, 0.3) is 5.91 Å². The summed E-state index contributed by atoms with van der Waals surface area (Å²) in [5.41, 5.74) is 2.09. The second-order valence-electron chi connectivity index (χ2n) is 8.70. The molecule has 0 saturated heterocycles. The normalized spacial score (nSPS) is 21.2. The molecule has 2 unspecified atom stereocenters. The summed E-state index contributed by atoms with van der Waals surface area (Å²) in [5.74, 6) is -0.260. The summed E-state index contributed by atoms with van der Waals surface area (Å²) in [6.45, 7) is 4.68. The van der Waals surface area contributed by atoms with Crippen LogP contribution in [0.5, 0.6) is 0 Å². The highest BCUT2D eigenvalue weighted by Crippen LogP contribution is 2.50. The van der Waals surface area contributed by atoms with Gasteiger partial charge in [0.1, 0.15) is 0 Å². The first-order chi connectivity index (χ1) is 14.6. The Bertz CT molecular complexity index is 906. The number of carbonyl (C=O) groups is 2. The van der Waals surface area contributed by atoms with Crippen LogP contribution in [-0.2, 0) is 11.3 Å². The molecule has 5 heteroatoms. The number of rotatable bonds is 5. The van der Waals surface area contributed by atoms with Crippen LogP contribution >= 0.6 is 0 Å². The molecule has 5 nitrogen and oxygen atoms in total. The lowest BCUT2D eigenvalue weighted by atomic mass is 9.64. The molecule has 0 bridgehead atoms. The predicted molar refractivity (Wildman–Crippen MR) is 117 cm³/mol. The Kier molecular flexibility index (Phi) is 5.89. The minimum absolute atomic E-state index is 0.00834. The van der Waals surface area contributed by atoms with Crippen LogP contribution in [0.3, 0.4) is 0 Å². The Balaban J connectivity index is 1.76. The third-order valence-electron chi connectivity index (χ3n) is 6.94. The molecule has 1 aromatic heterocycles. The van der Waals surface area contributed by atoms with Crippen LogP contribution in [0.1, 0.15) is 79.8 Å². The molecule has 2 aliphatic rings. The van der Waals surface area contributed by atoms with Crippen molar-refractivity contribution >= 4 is 11.8 Å². The van der Waals surface area contributed by atoms with Crippen molar-refractivity contribution in [1.29, 1.82) is 0 Å². The first-order valence-electron chi connectivity index (χ1n) is 11.2. The number of nitrogens with zero attached hydrogens (tertiary/aromatic N) is 2. The zero-order valence-corrected chi connectivity index (χ0v) is 17.9. The van der Waals surface area contributed by atoms with Crippen LogP contribution in [-0.4, -0.2) is 33.3 Å². The molecule has 1 aliphatic carbocycles. The van der Waals surface area contributed by atoms with Crippen LogP contribution in [0.4, 0.5) is 0 Å². The molecule has 30 heavy (non-hydrogen) atoms. The molecule has 2 atom stereocenters. The number of carbonyl (C=O) groups excluding carboxylic acids is 2. The molecule has 1 aromatic carbocycles. The highest BCUT2D eigenvalue weighted by molar-refractivity contribution is 6.02. The van der Waals surface area contributed by atoms with E-state index in [4.69, 9.17) is 0 Å². The van der Waals surface area contributed by atoms with Gasteiger partial charge in [-0.05, 0) is 49.4 Å². The molecule has 4 rings (SSSR count). The summed E-state index contributed by atoms with van der Waals surface area (Å²) in [5, 5.41) is 3.16. The second-order valence-corrected chi connectivity index (χ2v) is 8.70. The van der Waals surface area contributed by atoms with Crippen molar-refractivity contribution in [2.24, 2.45) is 0 Å². The lowest BCUT2D eigenvalue weighted by molar-refractivity contribution is -0.128. The maximum Gasteiger partial charge on any atom is 0.254 e. The monoisotopic (exact) mass is 405 g/mol. The summed E-state index contributed by atoms with van der Waals surface area (Å²) in [7, 11) is 0. The van der Waals surface area contributed by atoms with Gasteiger partial charge >= 0.3 is 0 Å². The van der Waals surface area contributed by atoms with Gasteiger partial charge in [0, 0.05) is 30.5 Å². The summed E-state index contributed by atoms with van der Waals surface area (Å²) in [6.07, 6.45) is 9.40. The predicted octanol–water partition coefficient (Wildman–Crippen LogP) is 4.44. The summed E-state index contributed by atoms with van der Waals surface area (Å²) in [6, 6.07) is 11.6. The third-order valence-corrected chi connectivity index (χ3v) is 6.94. The van der Waals surface area contributed by atoms with Crippen molar-refractivity contribution in [3.05, 3.63) is 65.5 Å². The number of hydrogen-bond acceptors (Lipinski definition) is 3. The Labute approximate surface area is 178 Å². The first kappa shape index (κ1) is 20.6. The van der Waals surface area contributed by atoms with Gasteiger partial charge in [-0.2, -0.15) is 0 Å². The van der Waals surface area contributed by atoms with Crippen molar-refractivity contribution < 1.29 is 9.59 Å². The number of amides is 2. The van der Waals surface area contributed by atoms with E-state index >= 15 is 0 Å². The van der Waals surface area contributed by atoms with Gasteiger partial charge in [0.05, 0.1) is 11.5 Å². The summed E-state index contributed by atoms with van der Waals surface area (Å²) in [4.78, 5) is 33.5. The number of hydrogen-bond donors (Lipinski definition) is 1. The van der Waals surface area contributed by atoms with E-state index in [0.29, 0.717) is 12.1 Å². The minimum atomic E-state index is -0.446. The lowest BCUT2D eigenvalue weighted by Crippen LogP contribution is -2.64. The van der Waals surface area contributed by atoms with E-state index in [9.17, 15) is 9.59 Å². The zero-order valence-electron chi connectivity index (χ0n) is 17.9. The zero-order chi connectivity index (χ0) is 21.1. The summed E-state index contributed by atoms with van der Waals surface area (Å²) >= 11 is 0. The quantitative estimate of drug-likeness (QED) is 0.800. The average molecular weight is 406 g/mol. The first-order valence-corrected chi connectivity index (χ1v) is 11.2. The molecular weight excluding hydrogens is 374 g/mol. The Morgan fingerprint density at radius 1 is 1.20 bits per heavy atom. The molecule has 1 saturated carbocycles. The van der Waals surface area contributed by atoms with Crippen LogP contribution in [0, 0.1) is 0 Å². The maximum absolute atomic E-state index is 13.7.